The highest BCUT2D eigenvalue weighted by Gasteiger charge is 2.31. The number of carbonyl (C=O) groups excluding carboxylic acids is 2. The summed E-state index contributed by atoms with van der Waals surface area (Å²) in [6.45, 7) is 4.39. The van der Waals surface area contributed by atoms with Gasteiger partial charge in [-0.3, -0.25) is 24.0 Å². The zero-order chi connectivity index (χ0) is 20.8. The SMILES string of the molecule is C1COCCN1.COCCc1cccc2c1n(C)c(=O)n2C1CCC(=O)NC1=O. The van der Waals surface area contributed by atoms with Crippen LogP contribution in [0.5, 0.6) is 0 Å². The van der Waals surface area contributed by atoms with Gasteiger partial charge < -0.3 is 14.8 Å². The number of hydrogen-bond acceptors (Lipinski definition) is 6. The molecule has 2 amide bonds. The van der Waals surface area contributed by atoms with Crippen molar-refractivity contribution in [2.24, 2.45) is 7.05 Å². The van der Waals surface area contributed by atoms with Gasteiger partial charge >= 0.3 is 5.69 Å². The first-order valence-electron chi connectivity index (χ1n) is 9.84. The number of imide groups is 1. The van der Waals surface area contributed by atoms with E-state index in [1.165, 1.54) is 4.57 Å². The first kappa shape index (κ1) is 21.2. The van der Waals surface area contributed by atoms with Gasteiger partial charge in [0.1, 0.15) is 6.04 Å². The monoisotopic (exact) mass is 404 g/mol. The first-order valence-corrected chi connectivity index (χ1v) is 9.84. The Kier molecular flexibility index (Phi) is 7.18. The highest BCUT2D eigenvalue weighted by atomic mass is 16.5. The highest BCUT2D eigenvalue weighted by Crippen LogP contribution is 2.25. The molecule has 1 unspecified atom stereocenters. The van der Waals surface area contributed by atoms with Gasteiger partial charge in [-0.2, -0.15) is 0 Å². The van der Waals surface area contributed by atoms with E-state index in [1.54, 1.807) is 18.7 Å². The van der Waals surface area contributed by atoms with Crippen molar-refractivity contribution in [1.82, 2.24) is 19.8 Å². The van der Waals surface area contributed by atoms with Crippen molar-refractivity contribution in [2.45, 2.75) is 25.3 Å². The fourth-order valence-corrected chi connectivity index (χ4v) is 3.68. The van der Waals surface area contributed by atoms with Crippen LogP contribution in [0, 0.1) is 0 Å². The van der Waals surface area contributed by atoms with Crippen molar-refractivity contribution < 1.29 is 19.1 Å². The lowest BCUT2D eigenvalue weighted by Gasteiger charge is -2.21. The second-order valence-corrected chi connectivity index (χ2v) is 7.07. The molecule has 2 saturated heterocycles. The standard InChI is InChI=1S/C16H19N3O4.C4H9NO/c1-18-14-10(8-9-23-2)4-3-5-11(14)19(16(18)22)12-6-7-13(20)17-15(12)21;1-3-6-4-2-5-1/h3-5,12H,6-9H2,1-2H3,(H,17,20,21);5H,1-4H2. The maximum Gasteiger partial charge on any atom is 0.329 e. The maximum atomic E-state index is 12.7. The summed E-state index contributed by atoms with van der Waals surface area (Å²) in [6.07, 6.45) is 1.26. The summed E-state index contributed by atoms with van der Waals surface area (Å²) in [5.74, 6) is -0.710. The molecule has 29 heavy (non-hydrogen) atoms. The third-order valence-corrected chi connectivity index (χ3v) is 5.13. The van der Waals surface area contributed by atoms with Gasteiger partial charge in [0.25, 0.3) is 0 Å². The van der Waals surface area contributed by atoms with Crippen LogP contribution in [0.25, 0.3) is 11.0 Å². The molecule has 0 bridgehead atoms. The Morgan fingerprint density at radius 3 is 2.55 bits per heavy atom. The molecule has 1 atom stereocenters. The molecule has 2 aliphatic rings. The average Bonchev–Trinajstić information content (AvgIpc) is 2.99. The normalized spacial score (nSPS) is 19.6. The van der Waals surface area contributed by atoms with Crippen molar-refractivity contribution in [3.8, 4) is 0 Å². The number of morpholine rings is 1. The van der Waals surface area contributed by atoms with Gasteiger partial charge in [0.15, 0.2) is 0 Å². The number of rotatable bonds is 4. The Balaban J connectivity index is 0.000000343. The Morgan fingerprint density at radius 2 is 1.97 bits per heavy atom. The molecule has 1 aromatic carbocycles. The number of aromatic nitrogens is 2. The Hall–Kier alpha value is -2.49. The number of piperidine rings is 1. The fraction of sp³-hybridized carbons (Fsp3) is 0.550. The molecule has 4 rings (SSSR count). The van der Waals surface area contributed by atoms with E-state index < -0.39 is 11.9 Å². The van der Waals surface area contributed by atoms with E-state index in [1.807, 2.05) is 18.2 Å². The van der Waals surface area contributed by atoms with Crippen molar-refractivity contribution in [3.63, 3.8) is 0 Å². The summed E-state index contributed by atoms with van der Waals surface area (Å²) >= 11 is 0. The predicted molar refractivity (Wildman–Crippen MR) is 108 cm³/mol. The Bertz CT molecular complexity index is 917. The molecule has 2 aliphatic heterocycles. The molecule has 9 heteroatoms. The van der Waals surface area contributed by atoms with E-state index in [0.717, 1.165) is 37.4 Å². The molecular formula is C20H28N4O5. The van der Waals surface area contributed by atoms with Crippen molar-refractivity contribution >= 4 is 22.8 Å². The maximum absolute atomic E-state index is 12.7. The minimum atomic E-state index is -0.651. The number of imidazole rings is 1. The lowest BCUT2D eigenvalue weighted by Crippen LogP contribution is -2.44. The summed E-state index contributed by atoms with van der Waals surface area (Å²) in [6, 6.07) is 5.00. The molecule has 1 aromatic heterocycles. The summed E-state index contributed by atoms with van der Waals surface area (Å²) in [4.78, 5) is 36.2. The van der Waals surface area contributed by atoms with Crippen LogP contribution in [-0.2, 0) is 32.5 Å². The van der Waals surface area contributed by atoms with Gasteiger partial charge in [-0.25, -0.2) is 4.79 Å². The van der Waals surface area contributed by atoms with E-state index >= 15 is 0 Å². The molecule has 0 radical (unpaired) electrons. The number of nitrogens with one attached hydrogen (secondary N) is 2. The number of ether oxygens (including phenoxy) is 2. The molecule has 3 heterocycles. The molecule has 2 fully saturated rings. The van der Waals surface area contributed by atoms with Crippen LogP contribution in [0.3, 0.4) is 0 Å². The minimum absolute atomic E-state index is 0.239. The molecule has 0 aliphatic carbocycles. The van der Waals surface area contributed by atoms with Crippen LogP contribution in [0.4, 0.5) is 0 Å². The second-order valence-electron chi connectivity index (χ2n) is 7.07. The van der Waals surface area contributed by atoms with E-state index in [0.29, 0.717) is 25.0 Å². The predicted octanol–water partition coefficient (Wildman–Crippen LogP) is 0.113. The topological polar surface area (TPSA) is 104 Å². The zero-order valence-electron chi connectivity index (χ0n) is 16.9. The summed E-state index contributed by atoms with van der Waals surface area (Å²) in [5, 5.41) is 5.47. The minimum Gasteiger partial charge on any atom is -0.384 e. The summed E-state index contributed by atoms with van der Waals surface area (Å²) in [5.41, 5.74) is 2.26. The van der Waals surface area contributed by atoms with Crippen LogP contribution in [0.1, 0.15) is 24.4 Å². The van der Waals surface area contributed by atoms with Crippen molar-refractivity contribution in [2.75, 3.05) is 40.0 Å². The summed E-state index contributed by atoms with van der Waals surface area (Å²) in [7, 11) is 3.33. The Labute approximate surface area is 169 Å². The molecule has 0 spiro atoms. The summed E-state index contributed by atoms with van der Waals surface area (Å²) < 4.78 is 13.2. The van der Waals surface area contributed by atoms with Crippen LogP contribution < -0.4 is 16.3 Å². The van der Waals surface area contributed by atoms with Gasteiger partial charge in [-0.05, 0) is 24.5 Å². The van der Waals surface area contributed by atoms with Gasteiger partial charge in [0.05, 0.1) is 30.9 Å². The number of nitrogens with zero attached hydrogens (tertiary/aromatic N) is 2. The second kappa shape index (κ2) is 9.82. The average molecular weight is 404 g/mol. The molecule has 0 saturated carbocycles. The number of aryl methyl sites for hydroxylation is 1. The molecule has 2 aromatic rings. The largest absolute Gasteiger partial charge is 0.384 e. The van der Waals surface area contributed by atoms with Crippen molar-refractivity contribution in [3.05, 3.63) is 34.2 Å². The van der Waals surface area contributed by atoms with Gasteiger partial charge in [0, 0.05) is 33.7 Å². The van der Waals surface area contributed by atoms with E-state index in [4.69, 9.17) is 9.47 Å². The highest BCUT2D eigenvalue weighted by molar-refractivity contribution is 6.00. The number of amides is 2. The van der Waals surface area contributed by atoms with Crippen LogP contribution in [-0.4, -0.2) is 61.0 Å². The van der Waals surface area contributed by atoms with E-state index in [9.17, 15) is 14.4 Å². The van der Waals surface area contributed by atoms with Gasteiger partial charge in [0.2, 0.25) is 11.8 Å². The van der Waals surface area contributed by atoms with Crippen LogP contribution in [0.15, 0.2) is 23.0 Å². The van der Waals surface area contributed by atoms with Gasteiger partial charge in [-0.1, -0.05) is 12.1 Å². The molecule has 158 valence electrons. The lowest BCUT2D eigenvalue weighted by molar-refractivity contribution is -0.135. The van der Waals surface area contributed by atoms with Gasteiger partial charge in [-0.15, -0.1) is 0 Å². The first-order chi connectivity index (χ1) is 14.0. The Morgan fingerprint density at radius 1 is 1.21 bits per heavy atom. The fourth-order valence-electron chi connectivity index (χ4n) is 3.68. The van der Waals surface area contributed by atoms with E-state index in [2.05, 4.69) is 10.6 Å². The third-order valence-electron chi connectivity index (χ3n) is 5.13. The van der Waals surface area contributed by atoms with Crippen molar-refractivity contribution in [1.29, 1.82) is 0 Å². The van der Waals surface area contributed by atoms with E-state index in [-0.39, 0.29) is 18.0 Å². The number of hydrogen-bond donors (Lipinski definition) is 2. The lowest BCUT2D eigenvalue weighted by atomic mass is 10.1. The third kappa shape index (κ3) is 4.75. The molecular weight excluding hydrogens is 376 g/mol. The van der Waals surface area contributed by atoms with Crippen LogP contribution >= 0.6 is 0 Å². The number of para-hydroxylation sites is 1. The molecule has 2 N–H and O–H groups in total. The number of methoxy groups -OCH3 is 1. The number of fused-ring (bicyclic) bond motifs is 1. The number of carbonyl (C=O) groups is 2. The zero-order valence-corrected chi connectivity index (χ0v) is 16.9. The smallest absolute Gasteiger partial charge is 0.329 e. The van der Waals surface area contributed by atoms with Crippen LogP contribution in [0.2, 0.25) is 0 Å². The molecule has 9 nitrogen and oxygen atoms in total. The quantitative estimate of drug-likeness (QED) is 0.702. The number of benzene rings is 1.